The number of halogens is 1. The van der Waals surface area contributed by atoms with E-state index in [0.29, 0.717) is 19.8 Å². The third-order valence-corrected chi connectivity index (χ3v) is 2.36. The number of hydrogen-bond acceptors (Lipinski definition) is 4. The molecule has 1 rings (SSSR count). The molecule has 0 aliphatic carbocycles. The zero-order valence-electron chi connectivity index (χ0n) is 11.2. The molecular weight excluding hydrogens is 268 g/mol. The lowest BCUT2D eigenvalue weighted by Crippen LogP contribution is -2.37. The highest BCUT2D eigenvalue weighted by atomic mass is 35.5. The number of nitrogens with one attached hydrogen (secondary N) is 1. The summed E-state index contributed by atoms with van der Waals surface area (Å²) in [5.41, 5.74) is 6.45. The van der Waals surface area contributed by atoms with E-state index in [1.54, 1.807) is 14.0 Å². The van der Waals surface area contributed by atoms with Crippen molar-refractivity contribution >= 4 is 18.3 Å². The molecule has 0 bridgehead atoms. The van der Waals surface area contributed by atoms with Gasteiger partial charge in [0.25, 0.3) is 0 Å². The van der Waals surface area contributed by atoms with Crippen LogP contribution in [0.5, 0.6) is 5.75 Å². The van der Waals surface area contributed by atoms with Crippen molar-refractivity contribution in [2.24, 2.45) is 5.73 Å². The topological polar surface area (TPSA) is 73.6 Å². The van der Waals surface area contributed by atoms with Crippen molar-refractivity contribution in [2.75, 3.05) is 20.3 Å². The van der Waals surface area contributed by atoms with Crippen LogP contribution in [0.4, 0.5) is 0 Å². The van der Waals surface area contributed by atoms with Crippen LogP contribution in [-0.4, -0.2) is 32.3 Å². The average Bonchev–Trinajstić information content (AvgIpc) is 2.37. The van der Waals surface area contributed by atoms with Gasteiger partial charge in [0.15, 0.2) is 0 Å². The van der Waals surface area contributed by atoms with E-state index in [1.807, 2.05) is 24.3 Å². The summed E-state index contributed by atoms with van der Waals surface area (Å²) in [6.07, 6.45) is 0. The molecule has 0 unspecified atom stereocenters. The van der Waals surface area contributed by atoms with Gasteiger partial charge in [-0.3, -0.25) is 4.79 Å². The predicted molar refractivity (Wildman–Crippen MR) is 76.6 cm³/mol. The van der Waals surface area contributed by atoms with E-state index in [-0.39, 0.29) is 18.3 Å². The number of rotatable bonds is 7. The zero-order valence-corrected chi connectivity index (χ0v) is 12.0. The third-order valence-electron chi connectivity index (χ3n) is 2.36. The highest BCUT2D eigenvalue weighted by Crippen LogP contribution is 2.11. The molecule has 6 heteroatoms. The van der Waals surface area contributed by atoms with Crippen molar-refractivity contribution in [3.8, 4) is 5.75 Å². The number of methoxy groups -OCH3 is 1. The van der Waals surface area contributed by atoms with E-state index in [2.05, 4.69) is 5.32 Å². The van der Waals surface area contributed by atoms with Gasteiger partial charge < -0.3 is 20.5 Å². The Hall–Kier alpha value is -1.30. The maximum absolute atomic E-state index is 11.3. The Morgan fingerprint density at radius 2 is 1.95 bits per heavy atom. The molecule has 0 radical (unpaired) electrons. The van der Waals surface area contributed by atoms with E-state index < -0.39 is 6.04 Å². The molecule has 108 valence electrons. The summed E-state index contributed by atoms with van der Waals surface area (Å²) in [6, 6.07) is 7.06. The molecule has 1 aromatic rings. The smallest absolute Gasteiger partial charge is 0.236 e. The minimum atomic E-state index is -0.485. The van der Waals surface area contributed by atoms with Crippen LogP contribution in [0.1, 0.15) is 12.5 Å². The number of amides is 1. The van der Waals surface area contributed by atoms with Crippen LogP contribution in [0.2, 0.25) is 0 Å². The number of benzene rings is 1. The maximum Gasteiger partial charge on any atom is 0.236 e. The molecule has 1 aromatic carbocycles. The Morgan fingerprint density at radius 1 is 1.32 bits per heavy atom. The molecule has 0 aliphatic heterocycles. The summed E-state index contributed by atoms with van der Waals surface area (Å²) in [5, 5.41) is 2.75. The number of carbonyl (C=O) groups excluding carboxylic acids is 1. The standard InChI is InChI=1S/C13H20N2O3.ClH/c1-10(14)13(16)15-9-11-3-5-12(6-4-11)18-8-7-17-2;/h3-6,10H,7-9,14H2,1-2H3,(H,15,16);1H/t10-;/m1./s1. The third kappa shape index (κ3) is 7.00. The van der Waals surface area contributed by atoms with Crippen molar-refractivity contribution in [3.63, 3.8) is 0 Å². The fourth-order valence-electron chi connectivity index (χ4n) is 1.30. The molecule has 0 heterocycles. The Labute approximate surface area is 119 Å². The molecule has 0 fully saturated rings. The molecule has 0 saturated heterocycles. The lowest BCUT2D eigenvalue weighted by atomic mass is 10.2. The monoisotopic (exact) mass is 288 g/mol. The molecule has 0 saturated carbocycles. The fourth-order valence-corrected chi connectivity index (χ4v) is 1.30. The quantitative estimate of drug-likeness (QED) is 0.737. The molecular formula is C13H21ClN2O3. The number of nitrogens with two attached hydrogens (primary N) is 1. The first-order valence-electron chi connectivity index (χ1n) is 5.87. The average molecular weight is 289 g/mol. The molecule has 19 heavy (non-hydrogen) atoms. The zero-order chi connectivity index (χ0) is 13.4. The summed E-state index contributed by atoms with van der Waals surface area (Å²) >= 11 is 0. The van der Waals surface area contributed by atoms with Gasteiger partial charge >= 0.3 is 0 Å². The largest absolute Gasteiger partial charge is 0.491 e. The van der Waals surface area contributed by atoms with Gasteiger partial charge in [-0.25, -0.2) is 0 Å². The van der Waals surface area contributed by atoms with Crippen LogP contribution in [0.25, 0.3) is 0 Å². The Kier molecular flexibility index (Phi) is 8.95. The molecule has 0 aromatic heterocycles. The van der Waals surface area contributed by atoms with Crippen molar-refractivity contribution in [3.05, 3.63) is 29.8 Å². The van der Waals surface area contributed by atoms with Crippen molar-refractivity contribution in [1.29, 1.82) is 0 Å². The van der Waals surface area contributed by atoms with Crippen molar-refractivity contribution in [1.82, 2.24) is 5.32 Å². The van der Waals surface area contributed by atoms with Crippen molar-refractivity contribution in [2.45, 2.75) is 19.5 Å². The highest BCUT2D eigenvalue weighted by Gasteiger charge is 2.05. The van der Waals surface area contributed by atoms with Crippen LogP contribution >= 0.6 is 12.4 Å². The van der Waals surface area contributed by atoms with Gasteiger partial charge in [-0.15, -0.1) is 12.4 Å². The SMILES string of the molecule is COCCOc1ccc(CNC(=O)[C@@H](C)N)cc1.Cl. The van der Waals surface area contributed by atoms with Crippen LogP contribution < -0.4 is 15.8 Å². The first-order valence-corrected chi connectivity index (χ1v) is 5.87. The molecule has 1 amide bonds. The van der Waals surface area contributed by atoms with Crippen LogP contribution in [0, 0.1) is 0 Å². The lowest BCUT2D eigenvalue weighted by Gasteiger charge is -2.09. The first-order chi connectivity index (χ1) is 8.63. The Balaban J connectivity index is 0.00000324. The summed E-state index contributed by atoms with van der Waals surface area (Å²) in [6.45, 7) is 3.21. The van der Waals surface area contributed by atoms with Crippen LogP contribution in [0.3, 0.4) is 0 Å². The Morgan fingerprint density at radius 3 is 2.47 bits per heavy atom. The van der Waals surface area contributed by atoms with Crippen molar-refractivity contribution < 1.29 is 14.3 Å². The lowest BCUT2D eigenvalue weighted by molar-refractivity contribution is -0.122. The molecule has 5 nitrogen and oxygen atoms in total. The van der Waals surface area contributed by atoms with Gasteiger partial charge in [0.05, 0.1) is 12.6 Å². The second kappa shape index (κ2) is 9.61. The second-order valence-electron chi connectivity index (χ2n) is 3.99. The van der Waals surface area contributed by atoms with Gasteiger partial charge in [-0.05, 0) is 24.6 Å². The highest BCUT2D eigenvalue weighted by molar-refractivity contribution is 5.85. The van der Waals surface area contributed by atoms with E-state index in [1.165, 1.54) is 0 Å². The number of carbonyl (C=O) groups is 1. The second-order valence-corrected chi connectivity index (χ2v) is 3.99. The molecule has 1 atom stereocenters. The number of hydrogen-bond donors (Lipinski definition) is 2. The van der Waals surface area contributed by atoms with Gasteiger partial charge in [-0.1, -0.05) is 12.1 Å². The van der Waals surface area contributed by atoms with E-state index >= 15 is 0 Å². The summed E-state index contributed by atoms with van der Waals surface area (Å²) in [5.74, 6) is 0.629. The Bertz CT molecular complexity index is 369. The van der Waals surface area contributed by atoms with E-state index in [4.69, 9.17) is 15.2 Å². The first kappa shape index (κ1) is 17.7. The van der Waals surface area contributed by atoms with Crippen LogP contribution in [-0.2, 0) is 16.1 Å². The molecule has 0 aliphatic rings. The molecule has 3 N–H and O–H groups in total. The number of ether oxygens (including phenoxy) is 2. The maximum atomic E-state index is 11.3. The van der Waals surface area contributed by atoms with Gasteiger partial charge in [0.2, 0.25) is 5.91 Å². The minimum Gasteiger partial charge on any atom is -0.491 e. The normalized spacial score (nSPS) is 11.3. The summed E-state index contributed by atoms with van der Waals surface area (Å²) < 4.78 is 10.3. The molecule has 0 spiro atoms. The van der Waals surface area contributed by atoms with E-state index in [0.717, 1.165) is 11.3 Å². The minimum absolute atomic E-state index is 0. The van der Waals surface area contributed by atoms with Crippen LogP contribution in [0.15, 0.2) is 24.3 Å². The van der Waals surface area contributed by atoms with Gasteiger partial charge in [0.1, 0.15) is 12.4 Å². The summed E-state index contributed by atoms with van der Waals surface area (Å²) in [4.78, 5) is 11.3. The fraction of sp³-hybridized carbons (Fsp3) is 0.462. The predicted octanol–water partition coefficient (Wildman–Crippen LogP) is 1.10. The van der Waals surface area contributed by atoms with E-state index in [9.17, 15) is 4.79 Å². The summed E-state index contributed by atoms with van der Waals surface area (Å²) in [7, 11) is 1.63. The van der Waals surface area contributed by atoms with Gasteiger partial charge in [0, 0.05) is 13.7 Å². The van der Waals surface area contributed by atoms with Gasteiger partial charge in [-0.2, -0.15) is 0 Å².